The molecule has 1 heterocycles. The van der Waals surface area contributed by atoms with Gasteiger partial charge in [-0.05, 0) is 36.5 Å². The highest BCUT2D eigenvalue weighted by molar-refractivity contribution is 5.52. The van der Waals surface area contributed by atoms with Crippen molar-refractivity contribution in [2.75, 3.05) is 6.67 Å². The van der Waals surface area contributed by atoms with Crippen molar-refractivity contribution in [1.82, 2.24) is 10.2 Å². The Hall–Kier alpha value is -1.71. The summed E-state index contributed by atoms with van der Waals surface area (Å²) in [5, 5.41) is 7.91. The lowest BCUT2D eigenvalue weighted by Crippen LogP contribution is -1.93. The highest BCUT2D eigenvalue weighted by Gasteiger charge is 2.08. The van der Waals surface area contributed by atoms with Gasteiger partial charge in [-0.2, -0.15) is 0 Å². The van der Waals surface area contributed by atoms with Gasteiger partial charge < -0.3 is 4.42 Å². The Morgan fingerprint density at radius 2 is 1.89 bits per heavy atom. The van der Waals surface area contributed by atoms with Crippen molar-refractivity contribution >= 4 is 0 Å². The molecule has 102 valence electrons. The smallest absolute Gasteiger partial charge is 0.247 e. The number of aryl methyl sites for hydroxylation is 1. The van der Waals surface area contributed by atoms with E-state index in [1.807, 2.05) is 12.1 Å². The molecule has 0 aliphatic carbocycles. The van der Waals surface area contributed by atoms with Crippen LogP contribution in [0.2, 0.25) is 0 Å². The summed E-state index contributed by atoms with van der Waals surface area (Å²) in [6.07, 6.45) is 1.98. The first kappa shape index (κ1) is 13.7. The Balaban J connectivity index is 2.07. The minimum absolute atomic E-state index is 0.360. The van der Waals surface area contributed by atoms with Crippen LogP contribution in [-0.2, 0) is 12.8 Å². The van der Waals surface area contributed by atoms with E-state index >= 15 is 0 Å². The zero-order valence-electron chi connectivity index (χ0n) is 11.4. The van der Waals surface area contributed by atoms with Gasteiger partial charge in [0.05, 0.1) is 6.67 Å². The van der Waals surface area contributed by atoms with Crippen LogP contribution in [0.1, 0.15) is 31.7 Å². The summed E-state index contributed by atoms with van der Waals surface area (Å²) in [4.78, 5) is 0. The van der Waals surface area contributed by atoms with Crippen molar-refractivity contribution in [3.63, 3.8) is 0 Å². The molecule has 1 aromatic carbocycles. The molecule has 0 bridgehead atoms. The van der Waals surface area contributed by atoms with Gasteiger partial charge in [0, 0.05) is 12.0 Å². The molecular formula is C15H19FN2O. The molecule has 3 nitrogen and oxygen atoms in total. The van der Waals surface area contributed by atoms with Crippen molar-refractivity contribution in [3.8, 4) is 11.5 Å². The number of benzene rings is 1. The number of hydrogen-bond donors (Lipinski definition) is 0. The predicted molar refractivity (Wildman–Crippen MR) is 72.6 cm³/mol. The van der Waals surface area contributed by atoms with Gasteiger partial charge in [-0.3, -0.25) is 4.39 Å². The van der Waals surface area contributed by atoms with Gasteiger partial charge in [-0.15, -0.1) is 10.2 Å². The number of nitrogens with zero attached hydrogens (tertiary/aromatic N) is 2. The van der Waals surface area contributed by atoms with E-state index in [-0.39, 0.29) is 6.67 Å². The first-order valence-corrected chi connectivity index (χ1v) is 6.66. The van der Waals surface area contributed by atoms with Crippen molar-refractivity contribution in [3.05, 3.63) is 35.7 Å². The molecule has 0 aliphatic rings. The van der Waals surface area contributed by atoms with Crippen LogP contribution in [0, 0.1) is 5.92 Å². The summed E-state index contributed by atoms with van der Waals surface area (Å²) < 4.78 is 17.6. The minimum Gasteiger partial charge on any atom is -0.421 e. The lowest BCUT2D eigenvalue weighted by Gasteiger charge is -2.04. The van der Waals surface area contributed by atoms with E-state index < -0.39 is 0 Å². The van der Waals surface area contributed by atoms with Gasteiger partial charge in [0.1, 0.15) is 0 Å². The molecule has 0 radical (unpaired) electrons. The summed E-state index contributed by atoms with van der Waals surface area (Å²) in [7, 11) is 0. The molecule has 0 fully saturated rings. The van der Waals surface area contributed by atoms with Gasteiger partial charge in [-0.25, -0.2) is 0 Å². The molecule has 0 saturated heterocycles. The van der Waals surface area contributed by atoms with Crippen LogP contribution >= 0.6 is 0 Å². The van der Waals surface area contributed by atoms with E-state index in [1.54, 1.807) is 0 Å². The Kier molecular flexibility index (Phi) is 4.66. The molecule has 1 aromatic heterocycles. The van der Waals surface area contributed by atoms with E-state index in [4.69, 9.17) is 4.42 Å². The second-order valence-corrected chi connectivity index (χ2v) is 5.09. The third-order valence-electron chi connectivity index (χ3n) is 2.84. The number of rotatable bonds is 6. The highest BCUT2D eigenvalue weighted by Crippen LogP contribution is 2.20. The summed E-state index contributed by atoms with van der Waals surface area (Å²) in [6, 6.07) is 8.15. The summed E-state index contributed by atoms with van der Waals surface area (Å²) in [6.45, 7) is 4.04. The maximum atomic E-state index is 12.1. The van der Waals surface area contributed by atoms with Crippen molar-refractivity contribution in [2.45, 2.75) is 33.1 Å². The predicted octanol–water partition coefficient (Wildman–Crippen LogP) is 3.84. The molecular weight excluding hydrogens is 243 g/mol. The third-order valence-corrected chi connectivity index (χ3v) is 2.84. The van der Waals surface area contributed by atoms with Gasteiger partial charge in [0.2, 0.25) is 11.8 Å². The van der Waals surface area contributed by atoms with E-state index in [1.165, 1.54) is 5.56 Å². The van der Waals surface area contributed by atoms with E-state index in [2.05, 4.69) is 36.2 Å². The van der Waals surface area contributed by atoms with Crippen LogP contribution in [0.15, 0.2) is 28.7 Å². The van der Waals surface area contributed by atoms with Crippen molar-refractivity contribution in [1.29, 1.82) is 0 Å². The number of halogens is 1. The quantitative estimate of drug-likeness (QED) is 0.794. The zero-order chi connectivity index (χ0) is 13.7. The summed E-state index contributed by atoms with van der Waals surface area (Å²) in [5.41, 5.74) is 2.21. The monoisotopic (exact) mass is 262 g/mol. The molecule has 0 amide bonds. The second kappa shape index (κ2) is 6.45. The first-order chi connectivity index (χ1) is 9.19. The Morgan fingerprint density at radius 1 is 1.16 bits per heavy atom. The SMILES string of the molecule is CC(C)Cc1ccc(-c2nnc(CCCF)o2)cc1. The second-order valence-electron chi connectivity index (χ2n) is 5.09. The molecule has 0 atom stereocenters. The largest absolute Gasteiger partial charge is 0.421 e. The maximum absolute atomic E-state index is 12.1. The summed E-state index contributed by atoms with van der Waals surface area (Å²) >= 11 is 0. The van der Waals surface area contributed by atoms with Gasteiger partial charge >= 0.3 is 0 Å². The van der Waals surface area contributed by atoms with E-state index in [0.29, 0.717) is 30.5 Å². The van der Waals surface area contributed by atoms with Crippen molar-refractivity contribution < 1.29 is 8.81 Å². The van der Waals surface area contributed by atoms with Crippen LogP contribution in [-0.4, -0.2) is 16.9 Å². The lowest BCUT2D eigenvalue weighted by atomic mass is 10.0. The first-order valence-electron chi connectivity index (χ1n) is 6.66. The molecule has 2 aromatic rings. The Labute approximate surface area is 112 Å². The van der Waals surface area contributed by atoms with Gasteiger partial charge in [0.15, 0.2) is 0 Å². The fourth-order valence-corrected chi connectivity index (χ4v) is 1.94. The summed E-state index contributed by atoms with van der Waals surface area (Å²) in [5.74, 6) is 1.64. The molecule has 0 unspecified atom stereocenters. The Bertz CT molecular complexity index is 505. The van der Waals surface area contributed by atoms with E-state index in [0.717, 1.165) is 12.0 Å². The van der Waals surface area contributed by atoms with Crippen LogP contribution in [0.25, 0.3) is 11.5 Å². The average molecular weight is 262 g/mol. The van der Waals surface area contributed by atoms with Crippen LogP contribution in [0.3, 0.4) is 0 Å². The standard InChI is InChI=1S/C15H19FN2O/c1-11(2)10-12-5-7-13(8-6-12)15-18-17-14(19-15)4-3-9-16/h5-8,11H,3-4,9-10H2,1-2H3. The molecule has 2 rings (SSSR count). The van der Waals surface area contributed by atoms with E-state index in [9.17, 15) is 4.39 Å². The molecule has 0 aliphatic heterocycles. The molecule has 19 heavy (non-hydrogen) atoms. The zero-order valence-corrected chi connectivity index (χ0v) is 11.4. The van der Waals surface area contributed by atoms with Crippen molar-refractivity contribution in [2.24, 2.45) is 5.92 Å². The lowest BCUT2D eigenvalue weighted by molar-refractivity contribution is 0.438. The molecule has 0 spiro atoms. The van der Waals surface area contributed by atoms with Crippen LogP contribution in [0.4, 0.5) is 4.39 Å². The van der Waals surface area contributed by atoms with Gasteiger partial charge in [0.25, 0.3) is 0 Å². The molecule has 0 N–H and O–H groups in total. The van der Waals surface area contributed by atoms with Crippen LogP contribution < -0.4 is 0 Å². The minimum atomic E-state index is -0.360. The number of hydrogen-bond acceptors (Lipinski definition) is 3. The maximum Gasteiger partial charge on any atom is 0.247 e. The normalized spacial score (nSPS) is 11.2. The topological polar surface area (TPSA) is 38.9 Å². The Morgan fingerprint density at radius 3 is 2.53 bits per heavy atom. The number of aromatic nitrogens is 2. The fourth-order valence-electron chi connectivity index (χ4n) is 1.94. The van der Waals surface area contributed by atoms with Gasteiger partial charge in [-0.1, -0.05) is 26.0 Å². The molecule has 0 saturated carbocycles. The molecule has 4 heteroatoms. The fraction of sp³-hybridized carbons (Fsp3) is 0.467. The van der Waals surface area contributed by atoms with Crippen LogP contribution in [0.5, 0.6) is 0 Å². The number of alkyl halides is 1. The third kappa shape index (κ3) is 3.88. The highest BCUT2D eigenvalue weighted by atomic mass is 19.1. The average Bonchev–Trinajstić information content (AvgIpc) is 2.85.